The summed E-state index contributed by atoms with van der Waals surface area (Å²) < 4.78 is 5.49. The zero-order valence-electron chi connectivity index (χ0n) is 13.7. The van der Waals surface area contributed by atoms with Gasteiger partial charge >= 0.3 is 6.01 Å². The van der Waals surface area contributed by atoms with Crippen molar-refractivity contribution in [1.82, 2.24) is 9.97 Å². The first kappa shape index (κ1) is 16.9. The first-order valence-corrected chi connectivity index (χ1v) is 7.82. The molecular formula is C19H15N5O2. The van der Waals surface area contributed by atoms with Crippen LogP contribution in [-0.4, -0.2) is 22.4 Å². The van der Waals surface area contributed by atoms with Gasteiger partial charge in [0.25, 0.3) is 0 Å². The summed E-state index contributed by atoms with van der Waals surface area (Å²) in [5.41, 5.74) is 1.99. The molecule has 0 aliphatic carbocycles. The van der Waals surface area contributed by atoms with Gasteiger partial charge in [-0.05, 0) is 54.6 Å². The van der Waals surface area contributed by atoms with Crippen molar-refractivity contribution in [3.8, 4) is 17.8 Å². The van der Waals surface area contributed by atoms with E-state index in [1.165, 1.54) is 0 Å². The van der Waals surface area contributed by atoms with Gasteiger partial charge in [0.05, 0.1) is 18.2 Å². The second-order valence-electron chi connectivity index (χ2n) is 5.25. The minimum absolute atomic E-state index is 0.113. The van der Waals surface area contributed by atoms with Gasteiger partial charge in [-0.1, -0.05) is 0 Å². The van der Waals surface area contributed by atoms with Crippen LogP contribution in [0.25, 0.3) is 0 Å². The molecule has 0 aliphatic rings. The number of carbonyl (C=O) groups is 1. The summed E-state index contributed by atoms with van der Waals surface area (Å²) in [6.45, 7) is 0.113. The third kappa shape index (κ3) is 4.79. The molecule has 0 atom stereocenters. The standard InChI is InChI=1S/C19H15N5O2/c20-12-14-2-4-15(5-3-14)23-13-18(25)24-16-6-8-17(9-7-16)26-19-21-10-1-11-22-19/h1-11,23H,13H2,(H,24,25). The van der Waals surface area contributed by atoms with E-state index < -0.39 is 0 Å². The van der Waals surface area contributed by atoms with Crippen LogP contribution in [0.5, 0.6) is 11.8 Å². The SMILES string of the molecule is N#Cc1ccc(NCC(=O)Nc2ccc(Oc3ncccn3)cc2)cc1. The summed E-state index contributed by atoms with van der Waals surface area (Å²) in [7, 11) is 0. The van der Waals surface area contributed by atoms with Crippen LogP contribution in [0.2, 0.25) is 0 Å². The van der Waals surface area contributed by atoms with Crippen LogP contribution < -0.4 is 15.4 Å². The molecule has 3 rings (SSSR count). The molecule has 0 fully saturated rings. The van der Waals surface area contributed by atoms with Gasteiger partial charge in [-0.15, -0.1) is 0 Å². The van der Waals surface area contributed by atoms with Crippen LogP contribution in [0.1, 0.15) is 5.56 Å². The van der Waals surface area contributed by atoms with Gasteiger partial charge < -0.3 is 15.4 Å². The van der Waals surface area contributed by atoms with E-state index in [4.69, 9.17) is 10.00 Å². The van der Waals surface area contributed by atoms with E-state index in [0.29, 0.717) is 17.0 Å². The molecule has 1 amide bonds. The summed E-state index contributed by atoms with van der Waals surface area (Å²) >= 11 is 0. The zero-order chi connectivity index (χ0) is 18.2. The molecule has 26 heavy (non-hydrogen) atoms. The Morgan fingerprint density at radius 1 is 1.00 bits per heavy atom. The number of carbonyl (C=O) groups excluding carboxylic acids is 1. The fourth-order valence-corrected chi connectivity index (χ4v) is 2.10. The summed E-state index contributed by atoms with van der Waals surface area (Å²) in [5, 5.41) is 14.5. The van der Waals surface area contributed by atoms with E-state index >= 15 is 0 Å². The number of nitriles is 1. The lowest BCUT2D eigenvalue weighted by molar-refractivity contribution is -0.114. The summed E-state index contributed by atoms with van der Waals surface area (Å²) in [6, 6.07) is 17.8. The number of rotatable bonds is 6. The van der Waals surface area contributed by atoms with Crippen molar-refractivity contribution in [2.75, 3.05) is 17.2 Å². The molecule has 0 saturated heterocycles. The average molecular weight is 345 g/mol. The predicted molar refractivity (Wildman–Crippen MR) is 96.8 cm³/mol. The maximum atomic E-state index is 12.0. The molecule has 0 spiro atoms. The van der Waals surface area contributed by atoms with E-state index in [9.17, 15) is 4.79 Å². The fraction of sp³-hybridized carbons (Fsp3) is 0.0526. The third-order valence-corrected chi connectivity index (χ3v) is 3.36. The normalized spacial score (nSPS) is 9.81. The smallest absolute Gasteiger partial charge is 0.321 e. The van der Waals surface area contributed by atoms with E-state index in [0.717, 1.165) is 5.69 Å². The molecule has 0 aliphatic heterocycles. The molecule has 1 heterocycles. The highest BCUT2D eigenvalue weighted by molar-refractivity contribution is 5.93. The number of nitrogens with zero attached hydrogens (tertiary/aromatic N) is 3. The number of hydrogen-bond donors (Lipinski definition) is 2. The Balaban J connectivity index is 1.50. The van der Waals surface area contributed by atoms with Gasteiger partial charge in [-0.25, -0.2) is 9.97 Å². The number of benzene rings is 2. The maximum absolute atomic E-state index is 12.0. The van der Waals surface area contributed by atoms with Crippen molar-refractivity contribution in [3.05, 3.63) is 72.6 Å². The number of aromatic nitrogens is 2. The lowest BCUT2D eigenvalue weighted by atomic mass is 10.2. The van der Waals surface area contributed by atoms with E-state index in [2.05, 4.69) is 20.6 Å². The second-order valence-corrected chi connectivity index (χ2v) is 5.25. The molecule has 7 nitrogen and oxygen atoms in total. The van der Waals surface area contributed by atoms with E-state index in [1.54, 1.807) is 67.0 Å². The number of amides is 1. The minimum Gasteiger partial charge on any atom is -0.424 e. The summed E-state index contributed by atoms with van der Waals surface area (Å²) in [4.78, 5) is 20.0. The molecule has 2 N–H and O–H groups in total. The average Bonchev–Trinajstić information content (AvgIpc) is 2.69. The van der Waals surface area contributed by atoms with Crippen molar-refractivity contribution in [1.29, 1.82) is 5.26 Å². The highest BCUT2D eigenvalue weighted by atomic mass is 16.5. The Labute approximate surface area is 150 Å². The monoisotopic (exact) mass is 345 g/mol. The molecule has 0 radical (unpaired) electrons. The zero-order valence-corrected chi connectivity index (χ0v) is 13.7. The molecule has 7 heteroatoms. The Morgan fingerprint density at radius 3 is 2.31 bits per heavy atom. The molecule has 2 aromatic carbocycles. The number of hydrogen-bond acceptors (Lipinski definition) is 6. The second kappa shape index (κ2) is 8.26. The number of nitrogens with one attached hydrogen (secondary N) is 2. The van der Waals surface area contributed by atoms with Crippen molar-refractivity contribution >= 4 is 17.3 Å². The van der Waals surface area contributed by atoms with Gasteiger partial charge in [0, 0.05) is 23.8 Å². The van der Waals surface area contributed by atoms with Crippen LogP contribution in [0.4, 0.5) is 11.4 Å². The van der Waals surface area contributed by atoms with E-state index in [-0.39, 0.29) is 18.5 Å². The highest BCUT2D eigenvalue weighted by Gasteiger charge is 2.04. The lowest BCUT2D eigenvalue weighted by Gasteiger charge is -2.09. The van der Waals surface area contributed by atoms with Crippen LogP contribution >= 0.6 is 0 Å². The molecular weight excluding hydrogens is 330 g/mol. The lowest BCUT2D eigenvalue weighted by Crippen LogP contribution is -2.21. The quantitative estimate of drug-likeness (QED) is 0.712. The van der Waals surface area contributed by atoms with E-state index in [1.807, 2.05) is 6.07 Å². The van der Waals surface area contributed by atoms with Gasteiger partial charge in [0.1, 0.15) is 5.75 Å². The molecule has 0 saturated carbocycles. The van der Waals surface area contributed by atoms with Crippen molar-refractivity contribution in [3.63, 3.8) is 0 Å². The minimum atomic E-state index is -0.186. The number of ether oxygens (including phenoxy) is 1. The molecule has 0 bridgehead atoms. The van der Waals surface area contributed by atoms with Gasteiger partial charge in [0.2, 0.25) is 5.91 Å². The Morgan fingerprint density at radius 2 is 1.65 bits per heavy atom. The topological polar surface area (TPSA) is 99.9 Å². The van der Waals surface area contributed by atoms with Crippen molar-refractivity contribution in [2.45, 2.75) is 0 Å². The highest BCUT2D eigenvalue weighted by Crippen LogP contribution is 2.19. The fourth-order valence-electron chi connectivity index (χ4n) is 2.10. The first-order chi connectivity index (χ1) is 12.7. The Hall–Kier alpha value is -3.92. The van der Waals surface area contributed by atoms with Crippen LogP contribution in [-0.2, 0) is 4.79 Å². The van der Waals surface area contributed by atoms with Crippen LogP contribution in [0.3, 0.4) is 0 Å². The van der Waals surface area contributed by atoms with Crippen molar-refractivity contribution < 1.29 is 9.53 Å². The molecule has 1 aromatic heterocycles. The molecule has 3 aromatic rings. The summed E-state index contributed by atoms with van der Waals surface area (Å²) in [5.74, 6) is 0.388. The van der Waals surface area contributed by atoms with Crippen LogP contribution in [0, 0.1) is 11.3 Å². The molecule has 128 valence electrons. The largest absolute Gasteiger partial charge is 0.424 e. The van der Waals surface area contributed by atoms with Gasteiger partial charge in [0.15, 0.2) is 0 Å². The van der Waals surface area contributed by atoms with Gasteiger partial charge in [-0.2, -0.15) is 5.26 Å². The Kier molecular flexibility index (Phi) is 5.38. The predicted octanol–water partition coefficient (Wildman–Crippen LogP) is 3.19. The third-order valence-electron chi connectivity index (χ3n) is 3.36. The first-order valence-electron chi connectivity index (χ1n) is 7.82. The van der Waals surface area contributed by atoms with Crippen LogP contribution in [0.15, 0.2) is 67.0 Å². The summed E-state index contributed by atoms with van der Waals surface area (Å²) in [6.07, 6.45) is 3.19. The molecule has 0 unspecified atom stereocenters. The number of anilines is 2. The van der Waals surface area contributed by atoms with Crippen molar-refractivity contribution in [2.24, 2.45) is 0 Å². The Bertz CT molecular complexity index is 903. The maximum Gasteiger partial charge on any atom is 0.321 e. The van der Waals surface area contributed by atoms with Gasteiger partial charge in [-0.3, -0.25) is 4.79 Å².